The SMILES string of the molecule is Cc1nc(CNC(=O)CCc2ncc(-c3ccc(F)cc3F)o2)c2ccccn12. The lowest BCUT2D eigenvalue weighted by molar-refractivity contribution is -0.121. The number of pyridine rings is 1. The number of halogens is 2. The van der Waals surface area contributed by atoms with Crippen LogP contribution in [0.1, 0.15) is 23.8 Å². The molecule has 0 atom stereocenters. The van der Waals surface area contributed by atoms with Gasteiger partial charge in [-0.2, -0.15) is 0 Å². The molecule has 1 N–H and O–H groups in total. The number of hydrogen-bond acceptors (Lipinski definition) is 4. The van der Waals surface area contributed by atoms with Gasteiger partial charge in [0.1, 0.15) is 17.5 Å². The average Bonchev–Trinajstić information content (AvgIpc) is 3.30. The van der Waals surface area contributed by atoms with Gasteiger partial charge in [-0.05, 0) is 31.2 Å². The predicted molar refractivity (Wildman–Crippen MR) is 102 cm³/mol. The molecule has 0 saturated carbocycles. The molecule has 0 aliphatic heterocycles. The number of carbonyl (C=O) groups excluding carboxylic acids is 1. The fourth-order valence-corrected chi connectivity index (χ4v) is 3.13. The molecule has 1 aromatic carbocycles. The van der Waals surface area contributed by atoms with Crippen LogP contribution in [0.25, 0.3) is 16.8 Å². The molecule has 4 aromatic rings. The topological polar surface area (TPSA) is 72.4 Å². The summed E-state index contributed by atoms with van der Waals surface area (Å²) < 4.78 is 34.3. The van der Waals surface area contributed by atoms with Gasteiger partial charge in [-0.1, -0.05) is 6.07 Å². The largest absolute Gasteiger partial charge is 0.441 e. The van der Waals surface area contributed by atoms with E-state index in [-0.39, 0.29) is 30.1 Å². The number of aromatic nitrogens is 3. The summed E-state index contributed by atoms with van der Waals surface area (Å²) in [5.74, 6) is -0.214. The third kappa shape index (κ3) is 4.01. The van der Waals surface area contributed by atoms with Crippen LogP contribution in [0.3, 0.4) is 0 Å². The summed E-state index contributed by atoms with van der Waals surface area (Å²) in [6, 6.07) is 9.02. The highest BCUT2D eigenvalue weighted by Crippen LogP contribution is 2.24. The lowest BCUT2D eigenvalue weighted by Crippen LogP contribution is -2.23. The van der Waals surface area contributed by atoms with Crippen molar-refractivity contribution in [3.8, 4) is 11.3 Å². The molecule has 0 bridgehead atoms. The number of oxazole rings is 1. The van der Waals surface area contributed by atoms with Crippen LogP contribution in [0.2, 0.25) is 0 Å². The molecule has 0 spiro atoms. The summed E-state index contributed by atoms with van der Waals surface area (Å²) in [7, 11) is 0. The first-order valence-corrected chi connectivity index (χ1v) is 9.10. The van der Waals surface area contributed by atoms with Gasteiger partial charge in [-0.25, -0.2) is 18.7 Å². The lowest BCUT2D eigenvalue weighted by atomic mass is 10.2. The van der Waals surface area contributed by atoms with E-state index in [1.54, 1.807) is 0 Å². The molecule has 3 heterocycles. The van der Waals surface area contributed by atoms with Crippen LogP contribution in [0.5, 0.6) is 0 Å². The summed E-state index contributed by atoms with van der Waals surface area (Å²) in [6.45, 7) is 2.22. The van der Waals surface area contributed by atoms with Gasteiger partial charge in [0.25, 0.3) is 0 Å². The zero-order chi connectivity index (χ0) is 20.4. The highest BCUT2D eigenvalue weighted by Gasteiger charge is 2.14. The molecule has 0 unspecified atom stereocenters. The van der Waals surface area contributed by atoms with Gasteiger partial charge in [0, 0.05) is 25.1 Å². The van der Waals surface area contributed by atoms with Gasteiger partial charge in [-0.15, -0.1) is 0 Å². The van der Waals surface area contributed by atoms with Crippen molar-refractivity contribution in [2.75, 3.05) is 0 Å². The Morgan fingerprint density at radius 2 is 2.10 bits per heavy atom. The van der Waals surface area contributed by atoms with Gasteiger partial charge >= 0.3 is 0 Å². The van der Waals surface area contributed by atoms with Crippen molar-refractivity contribution < 1.29 is 18.0 Å². The fourth-order valence-electron chi connectivity index (χ4n) is 3.13. The minimum Gasteiger partial charge on any atom is -0.441 e. The van der Waals surface area contributed by atoms with Crippen molar-refractivity contribution in [3.63, 3.8) is 0 Å². The van der Waals surface area contributed by atoms with E-state index in [0.29, 0.717) is 12.4 Å². The third-order valence-electron chi connectivity index (χ3n) is 4.57. The van der Waals surface area contributed by atoms with Crippen LogP contribution in [-0.4, -0.2) is 20.3 Å². The summed E-state index contributed by atoms with van der Waals surface area (Å²) in [6.07, 6.45) is 3.71. The minimum absolute atomic E-state index is 0.122. The third-order valence-corrected chi connectivity index (χ3v) is 4.57. The Hall–Kier alpha value is -3.55. The van der Waals surface area contributed by atoms with Gasteiger partial charge in [0.05, 0.1) is 29.5 Å². The molecular formula is C21H18F2N4O2. The van der Waals surface area contributed by atoms with Gasteiger partial charge in [0.15, 0.2) is 11.7 Å². The first-order chi connectivity index (χ1) is 14.0. The zero-order valence-corrected chi connectivity index (χ0v) is 15.7. The first kappa shape index (κ1) is 18.8. The fraction of sp³-hybridized carbons (Fsp3) is 0.190. The minimum atomic E-state index is -0.729. The van der Waals surface area contributed by atoms with E-state index in [1.807, 2.05) is 35.7 Å². The smallest absolute Gasteiger partial charge is 0.220 e. The maximum absolute atomic E-state index is 13.8. The lowest BCUT2D eigenvalue weighted by Gasteiger charge is -2.03. The molecular weight excluding hydrogens is 378 g/mol. The number of benzene rings is 1. The molecule has 1 amide bonds. The Balaban J connectivity index is 1.35. The van der Waals surface area contributed by atoms with E-state index < -0.39 is 11.6 Å². The molecule has 148 valence electrons. The number of fused-ring (bicyclic) bond motifs is 1. The van der Waals surface area contributed by atoms with Gasteiger partial charge in [-0.3, -0.25) is 4.79 Å². The van der Waals surface area contributed by atoms with Crippen molar-refractivity contribution in [2.45, 2.75) is 26.3 Å². The summed E-state index contributed by atoms with van der Waals surface area (Å²) in [5.41, 5.74) is 1.86. The van der Waals surface area contributed by atoms with E-state index in [1.165, 1.54) is 12.3 Å². The summed E-state index contributed by atoms with van der Waals surface area (Å²) in [4.78, 5) is 20.7. The number of imidazole rings is 1. The van der Waals surface area contributed by atoms with Gasteiger partial charge in [0.2, 0.25) is 5.91 Å². The molecule has 3 aromatic heterocycles. The number of nitrogens with zero attached hydrogens (tertiary/aromatic N) is 3. The Kier molecular flexibility index (Phi) is 5.07. The molecule has 8 heteroatoms. The van der Waals surface area contributed by atoms with Crippen molar-refractivity contribution in [2.24, 2.45) is 0 Å². The van der Waals surface area contributed by atoms with Crippen LogP contribution >= 0.6 is 0 Å². The second-order valence-electron chi connectivity index (χ2n) is 6.58. The normalized spacial score (nSPS) is 11.1. The van der Waals surface area contributed by atoms with Crippen molar-refractivity contribution in [1.82, 2.24) is 19.7 Å². The van der Waals surface area contributed by atoms with Crippen LogP contribution in [0, 0.1) is 18.6 Å². The number of aryl methyl sites for hydroxylation is 2. The molecule has 29 heavy (non-hydrogen) atoms. The molecule has 4 rings (SSSR count). The highest BCUT2D eigenvalue weighted by atomic mass is 19.1. The number of carbonyl (C=O) groups is 1. The first-order valence-electron chi connectivity index (χ1n) is 9.10. The van der Waals surface area contributed by atoms with Crippen molar-refractivity contribution in [3.05, 3.63) is 77.8 Å². The van der Waals surface area contributed by atoms with E-state index in [2.05, 4.69) is 15.3 Å². The quantitative estimate of drug-likeness (QED) is 0.538. The number of amides is 1. The maximum atomic E-state index is 13.8. The standard InChI is InChI=1S/C21H18F2N4O2/c1-13-26-17(18-4-2-3-9-27(13)18)11-24-20(28)7-8-21-25-12-19(29-21)15-6-5-14(22)10-16(15)23/h2-6,9-10,12H,7-8,11H2,1H3,(H,24,28). The van der Waals surface area contributed by atoms with E-state index >= 15 is 0 Å². The van der Waals surface area contributed by atoms with E-state index in [4.69, 9.17) is 4.42 Å². The maximum Gasteiger partial charge on any atom is 0.220 e. The molecule has 6 nitrogen and oxygen atoms in total. The van der Waals surface area contributed by atoms with Crippen LogP contribution in [0.4, 0.5) is 8.78 Å². The molecule has 0 radical (unpaired) electrons. The molecule has 0 aliphatic rings. The second-order valence-corrected chi connectivity index (χ2v) is 6.58. The van der Waals surface area contributed by atoms with Crippen LogP contribution in [-0.2, 0) is 17.8 Å². The second kappa shape index (κ2) is 7.83. The molecule has 0 aliphatic carbocycles. The Morgan fingerprint density at radius 1 is 1.24 bits per heavy atom. The highest BCUT2D eigenvalue weighted by molar-refractivity contribution is 5.76. The number of rotatable bonds is 6. The Labute approximate surface area is 165 Å². The van der Waals surface area contributed by atoms with Crippen molar-refractivity contribution >= 4 is 11.4 Å². The molecule has 0 fully saturated rings. The van der Waals surface area contributed by atoms with Crippen molar-refractivity contribution in [1.29, 1.82) is 0 Å². The summed E-state index contributed by atoms with van der Waals surface area (Å²) in [5, 5.41) is 2.84. The Morgan fingerprint density at radius 3 is 2.93 bits per heavy atom. The monoisotopic (exact) mass is 396 g/mol. The Bertz CT molecular complexity index is 1180. The van der Waals surface area contributed by atoms with Gasteiger partial charge < -0.3 is 14.1 Å². The van der Waals surface area contributed by atoms with Crippen LogP contribution in [0.15, 0.2) is 53.2 Å². The predicted octanol–water partition coefficient (Wildman–Crippen LogP) is 3.82. The zero-order valence-electron chi connectivity index (χ0n) is 15.7. The summed E-state index contributed by atoms with van der Waals surface area (Å²) >= 11 is 0. The van der Waals surface area contributed by atoms with E-state index in [0.717, 1.165) is 29.2 Å². The molecule has 0 saturated heterocycles. The number of nitrogens with one attached hydrogen (secondary N) is 1. The number of hydrogen-bond donors (Lipinski definition) is 1. The average molecular weight is 396 g/mol. The van der Waals surface area contributed by atoms with E-state index in [9.17, 15) is 13.6 Å². The van der Waals surface area contributed by atoms with Crippen LogP contribution < -0.4 is 5.32 Å².